The van der Waals surface area contributed by atoms with Gasteiger partial charge >= 0.3 is 0 Å². The topological polar surface area (TPSA) is 94.0 Å². The minimum absolute atomic E-state index is 0.0670. The number of nitrogens with two attached hydrogens (primary N) is 1. The summed E-state index contributed by atoms with van der Waals surface area (Å²) in [5.74, 6) is 0.780. The standard InChI is InChI=1S/C14H18N4O2/c1-9(8-16-13(19)10(2)15)14-17-12(18-20-14)11-6-4-3-5-7-11/h3-7,9-10H,8,15H2,1-2H3,(H,16,19). The number of carbonyl (C=O) groups excluding carboxylic acids is 1. The second-order valence-corrected chi connectivity index (χ2v) is 4.76. The molecule has 0 spiro atoms. The minimum atomic E-state index is -0.523. The molecule has 0 aliphatic carbocycles. The maximum absolute atomic E-state index is 11.4. The maximum Gasteiger partial charge on any atom is 0.236 e. The van der Waals surface area contributed by atoms with Gasteiger partial charge in [-0.3, -0.25) is 4.79 Å². The third-order valence-electron chi connectivity index (χ3n) is 2.89. The van der Waals surface area contributed by atoms with E-state index in [1.807, 2.05) is 37.3 Å². The molecular formula is C14H18N4O2. The Labute approximate surface area is 117 Å². The Morgan fingerprint density at radius 1 is 1.35 bits per heavy atom. The first-order valence-corrected chi connectivity index (χ1v) is 6.50. The molecule has 0 aliphatic heterocycles. The van der Waals surface area contributed by atoms with E-state index in [0.29, 0.717) is 18.3 Å². The van der Waals surface area contributed by atoms with Crippen molar-refractivity contribution in [3.8, 4) is 11.4 Å². The normalized spacial score (nSPS) is 13.8. The molecule has 0 bridgehead atoms. The van der Waals surface area contributed by atoms with Crippen molar-refractivity contribution in [3.63, 3.8) is 0 Å². The van der Waals surface area contributed by atoms with Gasteiger partial charge in [0.1, 0.15) is 0 Å². The number of amides is 1. The Hall–Kier alpha value is -2.21. The van der Waals surface area contributed by atoms with Crippen molar-refractivity contribution in [1.82, 2.24) is 15.5 Å². The van der Waals surface area contributed by atoms with Crippen molar-refractivity contribution in [3.05, 3.63) is 36.2 Å². The summed E-state index contributed by atoms with van der Waals surface area (Å²) in [6.07, 6.45) is 0. The van der Waals surface area contributed by atoms with Crippen LogP contribution in [0.25, 0.3) is 11.4 Å². The van der Waals surface area contributed by atoms with E-state index in [0.717, 1.165) is 5.56 Å². The summed E-state index contributed by atoms with van der Waals surface area (Å²) < 4.78 is 5.23. The van der Waals surface area contributed by atoms with Crippen molar-refractivity contribution in [2.24, 2.45) is 5.73 Å². The highest BCUT2D eigenvalue weighted by Crippen LogP contribution is 2.18. The molecule has 0 aliphatic rings. The Morgan fingerprint density at radius 3 is 2.70 bits per heavy atom. The summed E-state index contributed by atoms with van der Waals surface area (Å²) in [6, 6.07) is 9.06. The number of hydrogen-bond acceptors (Lipinski definition) is 5. The highest BCUT2D eigenvalue weighted by atomic mass is 16.5. The summed E-state index contributed by atoms with van der Waals surface area (Å²) in [6.45, 7) is 3.96. The molecule has 1 aromatic heterocycles. The zero-order valence-electron chi connectivity index (χ0n) is 11.5. The van der Waals surface area contributed by atoms with Crippen LogP contribution in [-0.2, 0) is 4.79 Å². The first-order valence-electron chi connectivity index (χ1n) is 6.50. The summed E-state index contributed by atoms with van der Waals surface area (Å²) in [5.41, 5.74) is 6.38. The van der Waals surface area contributed by atoms with E-state index in [1.165, 1.54) is 0 Å². The molecule has 20 heavy (non-hydrogen) atoms. The van der Waals surface area contributed by atoms with Gasteiger partial charge in [0.05, 0.1) is 12.0 Å². The van der Waals surface area contributed by atoms with Crippen LogP contribution in [-0.4, -0.2) is 28.6 Å². The van der Waals surface area contributed by atoms with Crippen molar-refractivity contribution in [1.29, 1.82) is 0 Å². The number of nitrogens with zero attached hydrogens (tertiary/aromatic N) is 2. The van der Waals surface area contributed by atoms with Crippen LogP contribution < -0.4 is 11.1 Å². The number of benzene rings is 1. The van der Waals surface area contributed by atoms with Gasteiger partial charge in [-0.25, -0.2) is 0 Å². The quantitative estimate of drug-likeness (QED) is 0.857. The van der Waals surface area contributed by atoms with Gasteiger partial charge in [-0.15, -0.1) is 0 Å². The number of carbonyl (C=O) groups is 1. The predicted molar refractivity (Wildman–Crippen MR) is 74.8 cm³/mol. The molecule has 1 amide bonds. The van der Waals surface area contributed by atoms with E-state index in [9.17, 15) is 4.79 Å². The number of aromatic nitrogens is 2. The van der Waals surface area contributed by atoms with Crippen LogP contribution in [0.2, 0.25) is 0 Å². The molecule has 1 aromatic carbocycles. The average molecular weight is 274 g/mol. The summed E-state index contributed by atoms with van der Waals surface area (Å²) >= 11 is 0. The smallest absolute Gasteiger partial charge is 0.236 e. The number of hydrogen-bond donors (Lipinski definition) is 2. The molecule has 2 unspecified atom stereocenters. The van der Waals surface area contributed by atoms with Crippen LogP contribution in [0.1, 0.15) is 25.7 Å². The largest absolute Gasteiger partial charge is 0.354 e. The van der Waals surface area contributed by atoms with E-state index in [1.54, 1.807) is 6.92 Å². The molecule has 2 rings (SSSR count). The lowest BCUT2D eigenvalue weighted by Gasteiger charge is -2.10. The molecule has 106 valence electrons. The summed E-state index contributed by atoms with van der Waals surface area (Å²) in [7, 11) is 0. The fourth-order valence-electron chi connectivity index (χ4n) is 1.64. The molecule has 0 saturated heterocycles. The molecule has 2 aromatic rings. The lowest BCUT2D eigenvalue weighted by molar-refractivity contribution is -0.122. The van der Waals surface area contributed by atoms with Crippen LogP contribution in [0.5, 0.6) is 0 Å². The zero-order valence-corrected chi connectivity index (χ0v) is 11.5. The van der Waals surface area contributed by atoms with Gasteiger partial charge in [-0.1, -0.05) is 42.4 Å². The van der Waals surface area contributed by atoms with Crippen LogP contribution >= 0.6 is 0 Å². The zero-order chi connectivity index (χ0) is 14.5. The van der Waals surface area contributed by atoms with E-state index < -0.39 is 6.04 Å². The summed E-state index contributed by atoms with van der Waals surface area (Å²) in [4.78, 5) is 15.7. The molecule has 0 radical (unpaired) electrons. The van der Waals surface area contributed by atoms with Gasteiger partial charge in [0.15, 0.2) is 0 Å². The van der Waals surface area contributed by atoms with E-state index in [4.69, 9.17) is 10.3 Å². The molecule has 0 saturated carbocycles. The molecule has 6 heteroatoms. The first kappa shape index (κ1) is 14.2. The highest BCUT2D eigenvalue weighted by molar-refractivity contribution is 5.80. The number of nitrogens with one attached hydrogen (secondary N) is 1. The SMILES string of the molecule is CC(N)C(=O)NCC(C)c1nc(-c2ccccc2)no1. The molecule has 3 N–H and O–H groups in total. The van der Waals surface area contributed by atoms with Gasteiger partial charge in [0.2, 0.25) is 17.6 Å². The van der Waals surface area contributed by atoms with Crippen molar-refractivity contribution >= 4 is 5.91 Å². The lowest BCUT2D eigenvalue weighted by atomic mass is 10.1. The molecule has 2 atom stereocenters. The van der Waals surface area contributed by atoms with Crippen molar-refractivity contribution < 1.29 is 9.32 Å². The number of rotatable bonds is 5. The second-order valence-electron chi connectivity index (χ2n) is 4.76. The van der Waals surface area contributed by atoms with Crippen LogP contribution in [0.4, 0.5) is 0 Å². The fraction of sp³-hybridized carbons (Fsp3) is 0.357. The molecule has 1 heterocycles. The fourth-order valence-corrected chi connectivity index (χ4v) is 1.64. The van der Waals surface area contributed by atoms with E-state index in [-0.39, 0.29) is 11.8 Å². The highest BCUT2D eigenvalue weighted by Gasteiger charge is 2.16. The van der Waals surface area contributed by atoms with E-state index in [2.05, 4.69) is 15.5 Å². The molecular weight excluding hydrogens is 256 g/mol. The van der Waals surface area contributed by atoms with Crippen molar-refractivity contribution in [2.45, 2.75) is 25.8 Å². The Balaban J connectivity index is 2.00. The van der Waals surface area contributed by atoms with Gasteiger partial charge in [0.25, 0.3) is 0 Å². The van der Waals surface area contributed by atoms with Crippen molar-refractivity contribution in [2.75, 3.05) is 6.54 Å². The second kappa shape index (κ2) is 6.29. The molecule has 6 nitrogen and oxygen atoms in total. The lowest BCUT2D eigenvalue weighted by Crippen LogP contribution is -2.39. The average Bonchev–Trinajstić information content (AvgIpc) is 2.95. The van der Waals surface area contributed by atoms with E-state index >= 15 is 0 Å². The monoisotopic (exact) mass is 274 g/mol. The maximum atomic E-state index is 11.4. The predicted octanol–water partition coefficient (Wildman–Crippen LogP) is 1.30. The molecule has 0 fully saturated rings. The van der Waals surface area contributed by atoms with Crippen LogP contribution in [0, 0.1) is 0 Å². The first-order chi connectivity index (χ1) is 9.58. The third kappa shape index (κ3) is 3.42. The Morgan fingerprint density at radius 2 is 2.05 bits per heavy atom. The minimum Gasteiger partial charge on any atom is -0.354 e. The van der Waals surface area contributed by atoms with Gasteiger partial charge in [0, 0.05) is 12.1 Å². The van der Waals surface area contributed by atoms with Gasteiger partial charge < -0.3 is 15.6 Å². The summed E-state index contributed by atoms with van der Waals surface area (Å²) in [5, 5.41) is 6.68. The van der Waals surface area contributed by atoms with Gasteiger partial charge in [-0.05, 0) is 6.92 Å². The van der Waals surface area contributed by atoms with Crippen LogP contribution in [0.3, 0.4) is 0 Å². The van der Waals surface area contributed by atoms with Crippen LogP contribution in [0.15, 0.2) is 34.9 Å². The Kier molecular flexibility index (Phi) is 4.47. The Bertz CT molecular complexity index is 566. The van der Waals surface area contributed by atoms with Gasteiger partial charge in [-0.2, -0.15) is 4.98 Å². The third-order valence-corrected chi connectivity index (χ3v) is 2.89.